The fourth-order valence-corrected chi connectivity index (χ4v) is 2.70. The Morgan fingerprint density at radius 3 is 2.41 bits per heavy atom. The normalized spacial score (nSPS) is 17.4. The Kier molecular flexibility index (Phi) is 5.18. The molecular formula is C15H23N3O4. The maximum absolute atomic E-state index is 12.4. The fraction of sp³-hybridized carbons (Fsp3) is 0.667. The molecule has 1 fully saturated rings. The Labute approximate surface area is 130 Å². The molecule has 1 unspecified atom stereocenters. The summed E-state index contributed by atoms with van der Waals surface area (Å²) in [4.78, 5) is 27.8. The maximum atomic E-state index is 12.4. The van der Waals surface area contributed by atoms with Gasteiger partial charge in [0, 0.05) is 31.7 Å². The van der Waals surface area contributed by atoms with Gasteiger partial charge in [0.2, 0.25) is 5.91 Å². The monoisotopic (exact) mass is 309 g/mol. The van der Waals surface area contributed by atoms with E-state index in [2.05, 4.69) is 5.16 Å². The Morgan fingerprint density at radius 1 is 1.27 bits per heavy atom. The van der Waals surface area contributed by atoms with Crippen LogP contribution in [0.2, 0.25) is 0 Å². The van der Waals surface area contributed by atoms with E-state index in [-0.39, 0.29) is 17.9 Å². The van der Waals surface area contributed by atoms with Gasteiger partial charge in [-0.25, -0.2) is 0 Å². The second-order valence-corrected chi connectivity index (χ2v) is 5.60. The van der Waals surface area contributed by atoms with Crippen LogP contribution in [0.5, 0.6) is 0 Å². The van der Waals surface area contributed by atoms with E-state index in [0.717, 1.165) is 11.3 Å². The second kappa shape index (κ2) is 6.91. The van der Waals surface area contributed by atoms with Gasteiger partial charge in [0.25, 0.3) is 0 Å². The molecule has 1 saturated heterocycles. The highest BCUT2D eigenvalue weighted by molar-refractivity contribution is 5.79. The molecule has 1 atom stereocenters. The summed E-state index contributed by atoms with van der Waals surface area (Å²) < 4.78 is 9.85. The molecule has 122 valence electrons. The molecule has 1 aromatic rings. The van der Waals surface area contributed by atoms with E-state index in [9.17, 15) is 9.59 Å². The lowest BCUT2D eigenvalue weighted by Gasteiger charge is -2.37. The van der Waals surface area contributed by atoms with Gasteiger partial charge in [0.05, 0.1) is 19.2 Å². The molecule has 0 radical (unpaired) electrons. The molecule has 22 heavy (non-hydrogen) atoms. The fourth-order valence-electron chi connectivity index (χ4n) is 2.70. The molecule has 0 aliphatic carbocycles. The first-order valence-electron chi connectivity index (χ1n) is 7.45. The number of piperazine rings is 1. The molecule has 1 amide bonds. The van der Waals surface area contributed by atoms with E-state index in [1.165, 1.54) is 7.11 Å². The quantitative estimate of drug-likeness (QED) is 0.756. The third-order valence-electron chi connectivity index (χ3n) is 4.27. The van der Waals surface area contributed by atoms with Crippen LogP contribution in [0.25, 0.3) is 0 Å². The number of esters is 1. The lowest BCUT2D eigenvalue weighted by atomic mass is 10.1. The van der Waals surface area contributed by atoms with Crippen LogP contribution in [0.3, 0.4) is 0 Å². The van der Waals surface area contributed by atoms with Crippen LogP contribution >= 0.6 is 0 Å². The summed E-state index contributed by atoms with van der Waals surface area (Å²) in [5.41, 5.74) is 1.64. The second-order valence-electron chi connectivity index (χ2n) is 5.60. The minimum atomic E-state index is -0.273. The van der Waals surface area contributed by atoms with Crippen molar-refractivity contribution in [2.45, 2.75) is 33.2 Å². The van der Waals surface area contributed by atoms with E-state index in [0.29, 0.717) is 38.4 Å². The van der Waals surface area contributed by atoms with Crippen molar-refractivity contribution in [3.05, 3.63) is 17.0 Å². The molecule has 2 rings (SSSR count). The van der Waals surface area contributed by atoms with Crippen LogP contribution < -0.4 is 0 Å². The number of ether oxygens (including phenoxy) is 1. The molecule has 0 spiro atoms. The first kappa shape index (κ1) is 16.5. The Balaban J connectivity index is 1.89. The lowest BCUT2D eigenvalue weighted by molar-refractivity contribution is -0.147. The summed E-state index contributed by atoms with van der Waals surface area (Å²) in [6.45, 7) is 8.06. The Morgan fingerprint density at radius 2 is 1.91 bits per heavy atom. The van der Waals surface area contributed by atoms with Crippen molar-refractivity contribution in [3.8, 4) is 0 Å². The lowest BCUT2D eigenvalue weighted by Crippen LogP contribution is -2.53. The maximum Gasteiger partial charge on any atom is 0.322 e. The van der Waals surface area contributed by atoms with Gasteiger partial charge in [-0.3, -0.25) is 14.5 Å². The molecule has 0 saturated carbocycles. The van der Waals surface area contributed by atoms with Crippen LogP contribution in [0.1, 0.15) is 23.9 Å². The van der Waals surface area contributed by atoms with Crippen molar-refractivity contribution in [2.75, 3.05) is 33.3 Å². The Hall–Kier alpha value is -1.89. The van der Waals surface area contributed by atoms with Crippen LogP contribution in [0.15, 0.2) is 4.52 Å². The number of amides is 1. The van der Waals surface area contributed by atoms with Gasteiger partial charge in [-0.15, -0.1) is 0 Å². The molecule has 7 nitrogen and oxygen atoms in total. The van der Waals surface area contributed by atoms with Crippen molar-refractivity contribution in [2.24, 2.45) is 0 Å². The molecule has 1 aromatic heterocycles. The molecule has 2 heterocycles. The number of rotatable bonds is 4. The zero-order valence-electron chi connectivity index (χ0n) is 13.6. The Bertz CT molecular complexity index is 527. The van der Waals surface area contributed by atoms with Crippen LogP contribution in [-0.4, -0.2) is 66.2 Å². The van der Waals surface area contributed by atoms with E-state index in [1.54, 1.807) is 0 Å². The standard InChI is InChI=1S/C15H23N3O4/c1-10-13(12(3)22-16-10)9-14(19)18-7-5-17(6-8-18)11(2)15(20)21-4/h11H,5-9H2,1-4H3. The predicted molar refractivity (Wildman–Crippen MR) is 79.3 cm³/mol. The largest absolute Gasteiger partial charge is 0.468 e. The number of carbonyl (C=O) groups is 2. The van der Waals surface area contributed by atoms with Crippen molar-refractivity contribution in [3.63, 3.8) is 0 Å². The van der Waals surface area contributed by atoms with E-state index in [4.69, 9.17) is 9.26 Å². The number of aryl methyl sites for hydroxylation is 2. The third kappa shape index (κ3) is 3.47. The summed E-state index contributed by atoms with van der Waals surface area (Å²) in [5, 5.41) is 3.87. The average Bonchev–Trinajstić information content (AvgIpc) is 2.85. The molecule has 0 N–H and O–H groups in total. The molecule has 0 bridgehead atoms. The van der Waals surface area contributed by atoms with Gasteiger partial charge >= 0.3 is 5.97 Å². The number of nitrogens with zero attached hydrogens (tertiary/aromatic N) is 3. The number of aromatic nitrogens is 1. The van der Waals surface area contributed by atoms with Gasteiger partial charge in [0.1, 0.15) is 11.8 Å². The third-order valence-corrected chi connectivity index (χ3v) is 4.27. The van der Waals surface area contributed by atoms with E-state index in [1.807, 2.05) is 30.6 Å². The minimum absolute atomic E-state index is 0.0692. The van der Waals surface area contributed by atoms with Gasteiger partial charge in [0.15, 0.2) is 0 Å². The summed E-state index contributed by atoms with van der Waals surface area (Å²) in [6, 6.07) is -0.273. The zero-order chi connectivity index (χ0) is 16.3. The van der Waals surface area contributed by atoms with Crippen molar-refractivity contribution < 1.29 is 18.8 Å². The van der Waals surface area contributed by atoms with Crippen molar-refractivity contribution in [1.82, 2.24) is 15.0 Å². The number of methoxy groups -OCH3 is 1. The number of hydrogen-bond donors (Lipinski definition) is 0. The highest BCUT2D eigenvalue weighted by atomic mass is 16.5. The molecule has 0 aromatic carbocycles. The van der Waals surface area contributed by atoms with Gasteiger partial charge < -0.3 is 14.2 Å². The predicted octanol–water partition coefficient (Wildman–Crippen LogP) is 0.540. The zero-order valence-corrected chi connectivity index (χ0v) is 13.6. The topological polar surface area (TPSA) is 75.9 Å². The molecule has 7 heteroatoms. The first-order chi connectivity index (χ1) is 10.4. The summed E-state index contributed by atoms with van der Waals surface area (Å²) in [5.74, 6) is 0.527. The molecule has 1 aliphatic heterocycles. The van der Waals surface area contributed by atoms with Gasteiger partial charge in [-0.1, -0.05) is 5.16 Å². The van der Waals surface area contributed by atoms with Gasteiger partial charge in [-0.2, -0.15) is 0 Å². The summed E-state index contributed by atoms with van der Waals surface area (Å²) in [6.07, 6.45) is 0.313. The van der Waals surface area contributed by atoms with Crippen molar-refractivity contribution >= 4 is 11.9 Å². The average molecular weight is 309 g/mol. The van der Waals surface area contributed by atoms with Gasteiger partial charge in [-0.05, 0) is 20.8 Å². The SMILES string of the molecule is COC(=O)C(C)N1CCN(C(=O)Cc2c(C)noc2C)CC1. The van der Waals surface area contributed by atoms with Crippen LogP contribution in [-0.2, 0) is 20.7 Å². The molecular weight excluding hydrogens is 286 g/mol. The summed E-state index contributed by atoms with van der Waals surface area (Å²) in [7, 11) is 1.39. The number of carbonyl (C=O) groups excluding carboxylic acids is 2. The highest BCUT2D eigenvalue weighted by Gasteiger charge is 2.28. The van der Waals surface area contributed by atoms with E-state index >= 15 is 0 Å². The van der Waals surface area contributed by atoms with E-state index < -0.39 is 0 Å². The van der Waals surface area contributed by atoms with Crippen molar-refractivity contribution in [1.29, 1.82) is 0 Å². The molecule has 1 aliphatic rings. The minimum Gasteiger partial charge on any atom is -0.468 e. The smallest absolute Gasteiger partial charge is 0.322 e. The number of hydrogen-bond acceptors (Lipinski definition) is 6. The summed E-state index contributed by atoms with van der Waals surface area (Å²) >= 11 is 0. The van der Waals surface area contributed by atoms with Crippen LogP contribution in [0.4, 0.5) is 0 Å². The highest BCUT2D eigenvalue weighted by Crippen LogP contribution is 2.15. The first-order valence-corrected chi connectivity index (χ1v) is 7.45. The van der Waals surface area contributed by atoms with Crippen LogP contribution in [0, 0.1) is 13.8 Å².